The van der Waals surface area contributed by atoms with E-state index >= 15 is 0 Å². The lowest BCUT2D eigenvalue weighted by atomic mass is 10.8. The Morgan fingerprint density at radius 3 is 2.89 bits per heavy atom. The Labute approximate surface area is 58.7 Å². The van der Waals surface area contributed by atoms with Gasteiger partial charge in [0.15, 0.2) is 0 Å². The molecule has 0 aromatic carbocycles. The van der Waals surface area contributed by atoms with Gasteiger partial charge in [0.25, 0.3) is 0 Å². The summed E-state index contributed by atoms with van der Waals surface area (Å²) in [5.41, 5.74) is 0. The predicted molar refractivity (Wildman–Crippen MR) is 36.8 cm³/mol. The minimum absolute atomic E-state index is 0.444. The molecule has 5 heteroatoms. The molecule has 0 saturated heterocycles. The third-order valence-electron chi connectivity index (χ3n) is 0.525. The van der Waals surface area contributed by atoms with Gasteiger partial charge >= 0.3 is 6.09 Å². The number of hydrogen-bond acceptors (Lipinski definition) is 4. The van der Waals surface area contributed by atoms with Crippen molar-refractivity contribution in [2.75, 3.05) is 13.6 Å². The Morgan fingerprint density at radius 2 is 2.44 bits per heavy atom. The molecule has 0 aliphatic heterocycles. The van der Waals surface area contributed by atoms with E-state index < -0.39 is 6.09 Å². The van der Waals surface area contributed by atoms with Crippen LogP contribution in [0.15, 0.2) is 0 Å². The second-order valence-electron chi connectivity index (χ2n) is 1.20. The van der Waals surface area contributed by atoms with Crippen molar-refractivity contribution in [3.63, 3.8) is 0 Å². The highest BCUT2D eigenvalue weighted by molar-refractivity contribution is 7.93. The predicted octanol–water partition coefficient (Wildman–Crippen LogP) is 0.515. The molecule has 0 aromatic rings. The summed E-state index contributed by atoms with van der Waals surface area (Å²) in [7, 11) is 1.51. The van der Waals surface area contributed by atoms with E-state index in [1.807, 2.05) is 6.92 Å². The van der Waals surface area contributed by atoms with Gasteiger partial charge in [-0.15, -0.1) is 0 Å². The summed E-state index contributed by atoms with van der Waals surface area (Å²) in [6.07, 6.45) is -0.444. The van der Waals surface area contributed by atoms with Crippen LogP contribution >= 0.6 is 12.2 Å². The fourth-order valence-electron chi connectivity index (χ4n) is 0.168. The van der Waals surface area contributed by atoms with Crippen LogP contribution in [0.25, 0.3) is 0 Å². The summed E-state index contributed by atoms with van der Waals surface area (Å²) in [4.78, 5) is 10.3. The summed E-state index contributed by atoms with van der Waals surface area (Å²) in [5.74, 6) is 0. The van der Waals surface area contributed by atoms with Gasteiger partial charge in [-0.2, -0.15) is 0 Å². The topological polar surface area (TPSA) is 50.4 Å². The molecule has 0 heterocycles. The van der Waals surface area contributed by atoms with Gasteiger partial charge in [0.2, 0.25) is 0 Å². The maximum atomic E-state index is 10.3. The standard InChI is InChI=1S/C4H10N2O2S/c1-3-6-9-8-4(7)5-2/h6H,3H2,1-2H3,(H,5,7). The molecule has 4 nitrogen and oxygen atoms in total. The van der Waals surface area contributed by atoms with Crippen LogP contribution in [-0.4, -0.2) is 19.7 Å². The molecular formula is C4H10N2O2S. The molecule has 0 aliphatic carbocycles. The second-order valence-corrected chi connectivity index (χ2v) is 1.82. The quantitative estimate of drug-likeness (QED) is 0.350. The van der Waals surface area contributed by atoms with E-state index in [9.17, 15) is 4.79 Å². The van der Waals surface area contributed by atoms with Gasteiger partial charge in [-0.3, -0.25) is 0 Å². The van der Waals surface area contributed by atoms with Crippen LogP contribution < -0.4 is 10.0 Å². The van der Waals surface area contributed by atoms with Gasteiger partial charge in [-0.1, -0.05) is 6.92 Å². The van der Waals surface area contributed by atoms with E-state index in [0.29, 0.717) is 0 Å². The third-order valence-corrected chi connectivity index (χ3v) is 1.17. The Kier molecular flexibility index (Phi) is 5.45. The average molecular weight is 150 g/mol. The summed E-state index contributed by atoms with van der Waals surface area (Å²) >= 11 is 0.924. The fourth-order valence-corrected chi connectivity index (χ4v) is 0.504. The average Bonchev–Trinajstić information content (AvgIpc) is 1.89. The number of amides is 1. The highest BCUT2D eigenvalue weighted by atomic mass is 32.2. The number of carbonyl (C=O) groups is 1. The first-order valence-corrected chi connectivity index (χ1v) is 3.33. The lowest BCUT2D eigenvalue weighted by molar-refractivity contribution is 0.210. The van der Waals surface area contributed by atoms with Gasteiger partial charge in [-0.25, -0.2) is 9.52 Å². The minimum Gasteiger partial charge on any atom is -0.358 e. The van der Waals surface area contributed by atoms with E-state index in [1.165, 1.54) is 7.05 Å². The van der Waals surface area contributed by atoms with E-state index in [-0.39, 0.29) is 0 Å². The molecule has 0 aromatic heterocycles. The lowest BCUT2D eigenvalue weighted by Crippen LogP contribution is -2.18. The van der Waals surface area contributed by atoms with Crippen molar-refractivity contribution in [1.82, 2.24) is 10.0 Å². The fraction of sp³-hybridized carbons (Fsp3) is 0.750. The maximum Gasteiger partial charge on any atom is 0.420 e. The Hall–Kier alpha value is -0.420. The lowest BCUT2D eigenvalue weighted by Gasteiger charge is -1.98. The molecule has 0 radical (unpaired) electrons. The first-order valence-electron chi connectivity index (χ1n) is 2.59. The van der Waals surface area contributed by atoms with Crippen molar-refractivity contribution in [2.24, 2.45) is 0 Å². The second kappa shape index (κ2) is 5.71. The van der Waals surface area contributed by atoms with E-state index in [4.69, 9.17) is 0 Å². The van der Waals surface area contributed by atoms with Crippen LogP contribution in [0.4, 0.5) is 4.79 Å². The molecule has 9 heavy (non-hydrogen) atoms. The van der Waals surface area contributed by atoms with Gasteiger partial charge in [-0.05, 0) is 0 Å². The largest absolute Gasteiger partial charge is 0.420 e. The molecule has 0 bridgehead atoms. The number of hydrogen-bond donors (Lipinski definition) is 2. The van der Waals surface area contributed by atoms with Crippen molar-refractivity contribution < 1.29 is 8.98 Å². The minimum atomic E-state index is -0.444. The zero-order valence-electron chi connectivity index (χ0n) is 5.43. The molecule has 2 N–H and O–H groups in total. The van der Waals surface area contributed by atoms with Crippen molar-refractivity contribution in [1.29, 1.82) is 0 Å². The normalized spacial score (nSPS) is 8.67. The van der Waals surface area contributed by atoms with Crippen LogP contribution in [0.2, 0.25) is 0 Å². The molecule has 0 rings (SSSR count). The summed E-state index contributed by atoms with van der Waals surface area (Å²) < 4.78 is 7.23. The van der Waals surface area contributed by atoms with E-state index in [2.05, 4.69) is 14.2 Å². The van der Waals surface area contributed by atoms with Gasteiger partial charge in [0.05, 0.1) is 0 Å². The van der Waals surface area contributed by atoms with Crippen LogP contribution in [0.5, 0.6) is 0 Å². The van der Waals surface area contributed by atoms with Crippen molar-refractivity contribution >= 4 is 18.3 Å². The van der Waals surface area contributed by atoms with Crippen LogP contribution in [0, 0.1) is 0 Å². The van der Waals surface area contributed by atoms with E-state index in [1.54, 1.807) is 0 Å². The summed E-state index contributed by atoms with van der Waals surface area (Å²) in [5, 5.41) is 2.30. The van der Waals surface area contributed by atoms with Crippen LogP contribution in [-0.2, 0) is 4.18 Å². The highest BCUT2D eigenvalue weighted by Crippen LogP contribution is 1.93. The molecule has 0 aliphatic rings. The Balaban J connectivity index is 2.97. The first-order chi connectivity index (χ1) is 4.31. The maximum absolute atomic E-state index is 10.3. The monoisotopic (exact) mass is 150 g/mol. The van der Waals surface area contributed by atoms with Crippen molar-refractivity contribution in [3.8, 4) is 0 Å². The van der Waals surface area contributed by atoms with Gasteiger partial charge in [0, 0.05) is 13.6 Å². The summed E-state index contributed by atoms with van der Waals surface area (Å²) in [6, 6.07) is 0. The Morgan fingerprint density at radius 1 is 1.78 bits per heavy atom. The molecule has 54 valence electrons. The number of carbonyl (C=O) groups excluding carboxylic acids is 1. The molecule has 0 atom stereocenters. The zero-order chi connectivity index (χ0) is 7.11. The van der Waals surface area contributed by atoms with Crippen LogP contribution in [0.3, 0.4) is 0 Å². The van der Waals surface area contributed by atoms with Crippen LogP contribution in [0.1, 0.15) is 6.92 Å². The van der Waals surface area contributed by atoms with Crippen molar-refractivity contribution in [3.05, 3.63) is 0 Å². The number of nitrogens with one attached hydrogen (secondary N) is 2. The Bertz CT molecular complexity index is 88.6. The van der Waals surface area contributed by atoms with E-state index in [0.717, 1.165) is 18.8 Å². The van der Waals surface area contributed by atoms with Gasteiger partial charge in [0.1, 0.15) is 12.2 Å². The van der Waals surface area contributed by atoms with Crippen molar-refractivity contribution in [2.45, 2.75) is 6.92 Å². The van der Waals surface area contributed by atoms with Gasteiger partial charge < -0.3 is 9.50 Å². The molecular weight excluding hydrogens is 140 g/mol. The highest BCUT2D eigenvalue weighted by Gasteiger charge is 1.94. The third kappa shape index (κ3) is 5.45. The first kappa shape index (κ1) is 8.58. The molecule has 0 saturated carbocycles. The smallest absolute Gasteiger partial charge is 0.358 e. The summed E-state index contributed by atoms with van der Waals surface area (Å²) in [6.45, 7) is 2.68. The molecule has 0 fully saturated rings. The molecule has 0 unspecified atom stereocenters. The molecule has 1 amide bonds. The zero-order valence-corrected chi connectivity index (χ0v) is 6.25. The number of rotatable bonds is 3. The molecule has 0 spiro atoms. The SMILES string of the molecule is CCNSOC(=O)NC.